The summed E-state index contributed by atoms with van der Waals surface area (Å²) in [7, 11) is 0. The van der Waals surface area contributed by atoms with E-state index in [4.69, 9.17) is 5.73 Å². The Morgan fingerprint density at radius 2 is 2.29 bits per heavy atom. The van der Waals surface area contributed by atoms with Gasteiger partial charge in [-0.3, -0.25) is 10.2 Å². The van der Waals surface area contributed by atoms with Crippen LogP contribution in [0.5, 0.6) is 0 Å². The molecule has 0 aliphatic carbocycles. The summed E-state index contributed by atoms with van der Waals surface area (Å²) in [4.78, 5) is 11.8. The third-order valence-corrected chi connectivity index (χ3v) is 2.66. The van der Waals surface area contributed by atoms with Crippen molar-refractivity contribution in [2.45, 2.75) is 25.6 Å². The van der Waals surface area contributed by atoms with E-state index in [1.807, 2.05) is 6.92 Å². The van der Waals surface area contributed by atoms with Crippen molar-refractivity contribution >= 4 is 11.6 Å². The van der Waals surface area contributed by atoms with Gasteiger partial charge < -0.3 is 11.1 Å². The molecule has 5 nitrogen and oxygen atoms in total. The van der Waals surface area contributed by atoms with Gasteiger partial charge in [0.1, 0.15) is 5.82 Å². The Hall–Kier alpha value is -1.66. The highest BCUT2D eigenvalue weighted by Crippen LogP contribution is 2.12. The van der Waals surface area contributed by atoms with E-state index < -0.39 is 5.82 Å². The molecule has 6 heteroatoms. The van der Waals surface area contributed by atoms with Crippen molar-refractivity contribution in [2.24, 2.45) is 0 Å². The zero-order chi connectivity index (χ0) is 12.4. The molecule has 1 aromatic carbocycles. The maximum Gasteiger partial charge on any atom is 0.252 e. The highest BCUT2D eigenvalue weighted by molar-refractivity contribution is 5.94. The average Bonchev–Trinajstić information content (AvgIpc) is 2.68. The smallest absolute Gasteiger partial charge is 0.252 e. The number of amides is 1. The molecule has 1 amide bonds. The molecule has 17 heavy (non-hydrogen) atoms. The molecule has 0 spiro atoms. The van der Waals surface area contributed by atoms with Crippen molar-refractivity contribution in [3.63, 3.8) is 0 Å². The fraction of sp³-hybridized carbons (Fsp3) is 0.364. The monoisotopic (exact) mass is 238 g/mol. The number of carbonyl (C=O) groups is 1. The fourth-order valence-electron chi connectivity index (χ4n) is 1.72. The molecule has 2 rings (SSSR count). The Kier molecular flexibility index (Phi) is 3.26. The third kappa shape index (κ3) is 2.72. The number of rotatable bonds is 2. The van der Waals surface area contributed by atoms with Crippen LogP contribution in [0, 0.1) is 5.82 Å². The quantitative estimate of drug-likeness (QED) is 0.561. The Morgan fingerprint density at radius 1 is 1.53 bits per heavy atom. The van der Waals surface area contributed by atoms with Gasteiger partial charge in [0.25, 0.3) is 5.91 Å². The maximum atomic E-state index is 13.2. The third-order valence-electron chi connectivity index (χ3n) is 2.66. The van der Waals surface area contributed by atoms with Crippen molar-refractivity contribution in [1.82, 2.24) is 16.2 Å². The predicted molar refractivity (Wildman–Crippen MR) is 62.4 cm³/mol. The first-order valence-corrected chi connectivity index (χ1v) is 5.43. The Bertz CT molecular complexity index is 437. The largest absolute Gasteiger partial charge is 0.396 e. The number of halogens is 1. The van der Waals surface area contributed by atoms with Crippen molar-refractivity contribution < 1.29 is 9.18 Å². The lowest BCUT2D eigenvalue weighted by Gasteiger charge is -2.12. The average molecular weight is 238 g/mol. The number of benzene rings is 1. The van der Waals surface area contributed by atoms with Gasteiger partial charge in [0, 0.05) is 11.6 Å². The van der Waals surface area contributed by atoms with E-state index in [-0.39, 0.29) is 23.3 Å². The zero-order valence-electron chi connectivity index (χ0n) is 9.46. The van der Waals surface area contributed by atoms with Crippen LogP contribution in [0.15, 0.2) is 18.2 Å². The second-order valence-corrected chi connectivity index (χ2v) is 4.19. The van der Waals surface area contributed by atoms with Crippen LogP contribution in [-0.2, 0) is 0 Å². The zero-order valence-corrected chi connectivity index (χ0v) is 9.46. The molecule has 0 bridgehead atoms. The first-order chi connectivity index (χ1) is 8.06. The molecule has 2 atom stereocenters. The van der Waals surface area contributed by atoms with E-state index in [1.54, 1.807) is 0 Å². The van der Waals surface area contributed by atoms with Gasteiger partial charge in [-0.2, -0.15) is 0 Å². The predicted octanol–water partition coefficient (Wildman–Crippen LogP) is 0.350. The molecule has 1 saturated heterocycles. The van der Waals surface area contributed by atoms with Crippen molar-refractivity contribution in [1.29, 1.82) is 0 Å². The minimum Gasteiger partial charge on any atom is -0.396 e. The maximum absolute atomic E-state index is 13.2. The van der Waals surface area contributed by atoms with E-state index in [2.05, 4.69) is 16.2 Å². The van der Waals surface area contributed by atoms with Gasteiger partial charge in [-0.15, -0.1) is 0 Å². The normalized spacial score (nSPS) is 23.6. The van der Waals surface area contributed by atoms with E-state index in [1.165, 1.54) is 12.1 Å². The summed E-state index contributed by atoms with van der Waals surface area (Å²) in [6, 6.07) is 4.31. The Morgan fingerprint density at radius 3 is 2.88 bits per heavy atom. The molecule has 1 fully saturated rings. The van der Waals surface area contributed by atoms with Crippen LogP contribution in [-0.4, -0.2) is 18.1 Å². The van der Waals surface area contributed by atoms with Gasteiger partial charge in [-0.25, -0.2) is 9.82 Å². The highest BCUT2D eigenvalue weighted by atomic mass is 19.1. The lowest BCUT2D eigenvalue weighted by molar-refractivity contribution is 0.0932. The summed E-state index contributed by atoms with van der Waals surface area (Å²) in [6.07, 6.45) is 0.640. The number of hydrogen-bond donors (Lipinski definition) is 4. The highest BCUT2D eigenvalue weighted by Gasteiger charge is 2.22. The lowest BCUT2D eigenvalue weighted by atomic mass is 10.1. The first kappa shape index (κ1) is 11.8. The first-order valence-electron chi connectivity index (χ1n) is 5.43. The van der Waals surface area contributed by atoms with Gasteiger partial charge in [0.15, 0.2) is 0 Å². The van der Waals surface area contributed by atoms with Crippen molar-refractivity contribution in [3.8, 4) is 0 Å². The number of nitrogens with two attached hydrogens (primary N) is 1. The Balaban J connectivity index is 2.02. The van der Waals surface area contributed by atoms with E-state index in [9.17, 15) is 9.18 Å². The van der Waals surface area contributed by atoms with Gasteiger partial charge in [0.2, 0.25) is 0 Å². The van der Waals surface area contributed by atoms with Gasteiger partial charge in [-0.05, 0) is 31.5 Å². The standard InChI is InChI=1S/C11H15FN4O/c1-6-4-10(16-15-6)14-11(17)7-2-3-9(13)8(12)5-7/h2-3,5-6,10,15-16H,4,13H2,1H3,(H,14,17). The van der Waals surface area contributed by atoms with Crippen molar-refractivity contribution in [2.75, 3.05) is 5.73 Å². The molecule has 5 N–H and O–H groups in total. The number of nitrogen functional groups attached to an aromatic ring is 1. The second-order valence-electron chi connectivity index (χ2n) is 4.19. The lowest BCUT2D eigenvalue weighted by Crippen LogP contribution is -2.44. The summed E-state index contributed by atoms with van der Waals surface area (Å²) in [5.74, 6) is -0.902. The number of hydrogen-bond acceptors (Lipinski definition) is 4. The second kappa shape index (κ2) is 4.68. The summed E-state index contributed by atoms with van der Waals surface area (Å²) in [5, 5.41) is 2.75. The number of anilines is 1. The topological polar surface area (TPSA) is 79.2 Å². The summed E-state index contributed by atoms with van der Waals surface area (Å²) >= 11 is 0. The minimum atomic E-state index is -0.580. The number of carbonyl (C=O) groups excluding carboxylic acids is 1. The fourth-order valence-corrected chi connectivity index (χ4v) is 1.72. The van der Waals surface area contributed by atoms with E-state index >= 15 is 0 Å². The summed E-state index contributed by atoms with van der Waals surface area (Å²) in [6.45, 7) is 2.00. The van der Waals surface area contributed by atoms with E-state index in [0.717, 1.165) is 12.5 Å². The van der Waals surface area contributed by atoms with Gasteiger partial charge >= 0.3 is 0 Å². The molecule has 1 heterocycles. The van der Waals surface area contributed by atoms with Crippen LogP contribution in [0.3, 0.4) is 0 Å². The SMILES string of the molecule is CC1CC(NC(=O)c2ccc(N)c(F)c2)NN1. The van der Waals surface area contributed by atoms with Crippen LogP contribution < -0.4 is 21.9 Å². The number of nitrogens with one attached hydrogen (secondary N) is 3. The summed E-state index contributed by atoms with van der Waals surface area (Å²) in [5.41, 5.74) is 11.6. The Labute approximate surface area is 98.5 Å². The molecule has 1 aliphatic rings. The molecule has 1 aliphatic heterocycles. The van der Waals surface area contributed by atoms with E-state index in [0.29, 0.717) is 6.04 Å². The molecule has 92 valence electrons. The molecular weight excluding hydrogens is 223 g/mol. The molecule has 0 aromatic heterocycles. The summed E-state index contributed by atoms with van der Waals surface area (Å²) < 4.78 is 13.2. The molecule has 1 aromatic rings. The van der Waals surface area contributed by atoms with Crippen LogP contribution in [0.2, 0.25) is 0 Å². The van der Waals surface area contributed by atoms with Gasteiger partial charge in [-0.1, -0.05) is 0 Å². The molecule has 2 unspecified atom stereocenters. The van der Waals surface area contributed by atoms with Crippen LogP contribution in [0.4, 0.5) is 10.1 Å². The van der Waals surface area contributed by atoms with Crippen LogP contribution in [0.25, 0.3) is 0 Å². The van der Waals surface area contributed by atoms with Crippen LogP contribution in [0.1, 0.15) is 23.7 Å². The van der Waals surface area contributed by atoms with Crippen molar-refractivity contribution in [3.05, 3.63) is 29.6 Å². The number of hydrazine groups is 1. The van der Waals surface area contributed by atoms with Gasteiger partial charge in [0.05, 0.1) is 11.9 Å². The molecule has 0 radical (unpaired) electrons. The van der Waals surface area contributed by atoms with Crippen LogP contribution >= 0.6 is 0 Å². The minimum absolute atomic E-state index is 0.0378. The molecule has 0 saturated carbocycles. The molecular formula is C11H15FN4O.